The zero-order valence-corrected chi connectivity index (χ0v) is 12.3. The fraction of sp³-hybridized carbons (Fsp3) is 0.588. The highest BCUT2D eigenvalue weighted by Crippen LogP contribution is 2.45. The first-order chi connectivity index (χ1) is 9.72. The maximum Gasteiger partial charge on any atom is 0.230 e. The molecule has 1 amide bonds. The second-order valence-corrected chi connectivity index (χ2v) is 6.38. The van der Waals surface area contributed by atoms with Crippen LogP contribution in [0.3, 0.4) is 0 Å². The van der Waals surface area contributed by atoms with E-state index in [1.807, 2.05) is 30.1 Å². The zero-order chi connectivity index (χ0) is 14.0. The van der Waals surface area contributed by atoms with Gasteiger partial charge in [0.1, 0.15) is 0 Å². The van der Waals surface area contributed by atoms with Crippen LogP contribution >= 0.6 is 0 Å². The van der Waals surface area contributed by atoms with Gasteiger partial charge in [-0.05, 0) is 30.9 Å². The molecule has 1 aromatic carbocycles. The summed E-state index contributed by atoms with van der Waals surface area (Å²) < 4.78 is 0. The van der Waals surface area contributed by atoms with Crippen molar-refractivity contribution in [3.8, 4) is 0 Å². The molecule has 2 atom stereocenters. The van der Waals surface area contributed by atoms with Crippen molar-refractivity contribution in [2.24, 2.45) is 11.3 Å². The number of hydrogen-bond acceptors (Lipinski definition) is 2. The lowest BCUT2D eigenvalue weighted by atomic mass is 9.67. The third kappa shape index (κ3) is 2.35. The number of benzene rings is 1. The van der Waals surface area contributed by atoms with Gasteiger partial charge in [0.25, 0.3) is 0 Å². The van der Waals surface area contributed by atoms with Crippen LogP contribution in [0, 0.1) is 11.3 Å². The molecule has 1 aromatic rings. The van der Waals surface area contributed by atoms with Crippen molar-refractivity contribution in [1.29, 1.82) is 0 Å². The molecule has 0 unspecified atom stereocenters. The second-order valence-electron chi connectivity index (χ2n) is 6.38. The third-order valence-electron chi connectivity index (χ3n) is 5.07. The highest BCUT2D eigenvalue weighted by molar-refractivity contribution is 5.83. The van der Waals surface area contributed by atoms with Gasteiger partial charge >= 0.3 is 0 Å². The Morgan fingerprint density at radius 2 is 2.15 bits per heavy atom. The van der Waals surface area contributed by atoms with Gasteiger partial charge in [-0.3, -0.25) is 4.79 Å². The molecule has 3 heteroatoms. The summed E-state index contributed by atoms with van der Waals surface area (Å²) in [6.07, 6.45) is 4.74. The van der Waals surface area contributed by atoms with Crippen molar-refractivity contribution < 1.29 is 4.79 Å². The minimum Gasteiger partial charge on any atom is -0.341 e. The lowest BCUT2D eigenvalue weighted by Gasteiger charge is -2.39. The van der Waals surface area contributed by atoms with Crippen LogP contribution in [0.4, 0.5) is 0 Å². The van der Waals surface area contributed by atoms with Gasteiger partial charge in [-0.1, -0.05) is 43.2 Å². The molecule has 3 nitrogen and oxygen atoms in total. The smallest absolute Gasteiger partial charge is 0.230 e. The quantitative estimate of drug-likeness (QED) is 0.916. The molecular formula is C17H24N2O. The number of nitrogens with zero attached hydrogens (tertiary/aromatic N) is 1. The van der Waals surface area contributed by atoms with Gasteiger partial charge in [0.2, 0.25) is 5.91 Å². The fourth-order valence-corrected chi connectivity index (χ4v) is 3.98. The van der Waals surface area contributed by atoms with E-state index in [1.165, 1.54) is 24.8 Å². The van der Waals surface area contributed by atoms with Crippen LogP contribution in [0.15, 0.2) is 30.3 Å². The number of nitrogens with one attached hydrogen (secondary N) is 1. The molecule has 1 heterocycles. The maximum atomic E-state index is 13.0. The Kier molecular flexibility index (Phi) is 3.79. The number of fused-ring (bicyclic) bond motifs is 1. The molecule has 0 aromatic heterocycles. The molecular weight excluding hydrogens is 248 g/mol. The SMILES string of the molecule is CN(Cc1ccccc1)C(=O)[C@@]12CCCC[C@H]1CNC2. The molecule has 0 spiro atoms. The second kappa shape index (κ2) is 5.57. The topological polar surface area (TPSA) is 32.3 Å². The average Bonchev–Trinajstić information content (AvgIpc) is 2.92. The van der Waals surface area contributed by atoms with Gasteiger partial charge in [0.15, 0.2) is 0 Å². The normalized spacial score (nSPS) is 28.9. The molecule has 2 fully saturated rings. The molecule has 1 saturated carbocycles. The van der Waals surface area contributed by atoms with Crippen LogP contribution in [0.25, 0.3) is 0 Å². The largest absolute Gasteiger partial charge is 0.341 e. The number of rotatable bonds is 3. The summed E-state index contributed by atoms with van der Waals surface area (Å²) in [5.74, 6) is 0.887. The lowest BCUT2D eigenvalue weighted by Crippen LogP contribution is -2.48. The van der Waals surface area contributed by atoms with E-state index in [2.05, 4.69) is 17.4 Å². The lowest BCUT2D eigenvalue weighted by molar-refractivity contribution is -0.144. The van der Waals surface area contributed by atoms with Gasteiger partial charge in [-0.15, -0.1) is 0 Å². The summed E-state index contributed by atoms with van der Waals surface area (Å²) in [6, 6.07) is 10.3. The Labute approximate surface area is 121 Å². The minimum atomic E-state index is -0.123. The summed E-state index contributed by atoms with van der Waals surface area (Å²) in [6.45, 7) is 2.61. The Balaban J connectivity index is 1.74. The van der Waals surface area contributed by atoms with Crippen LogP contribution in [-0.4, -0.2) is 30.9 Å². The van der Waals surface area contributed by atoms with Gasteiger partial charge in [-0.2, -0.15) is 0 Å². The van der Waals surface area contributed by atoms with Crippen LogP contribution in [0.5, 0.6) is 0 Å². The minimum absolute atomic E-state index is 0.123. The fourth-order valence-electron chi connectivity index (χ4n) is 3.98. The third-order valence-corrected chi connectivity index (χ3v) is 5.07. The van der Waals surface area contributed by atoms with E-state index >= 15 is 0 Å². The van der Waals surface area contributed by atoms with Crippen molar-refractivity contribution in [1.82, 2.24) is 10.2 Å². The molecule has 0 bridgehead atoms. The molecule has 2 aliphatic rings. The van der Waals surface area contributed by atoms with Crippen molar-refractivity contribution in [2.45, 2.75) is 32.2 Å². The summed E-state index contributed by atoms with van der Waals surface area (Å²) in [5, 5.41) is 3.46. The van der Waals surface area contributed by atoms with Gasteiger partial charge in [-0.25, -0.2) is 0 Å². The molecule has 1 aliphatic carbocycles. The van der Waals surface area contributed by atoms with Crippen molar-refractivity contribution in [3.05, 3.63) is 35.9 Å². The molecule has 1 aliphatic heterocycles. The molecule has 0 radical (unpaired) electrons. The monoisotopic (exact) mass is 272 g/mol. The first-order valence-corrected chi connectivity index (χ1v) is 7.72. The Hall–Kier alpha value is -1.35. The van der Waals surface area contributed by atoms with Gasteiger partial charge in [0, 0.05) is 20.1 Å². The molecule has 20 heavy (non-hydrogen) atoms. The van der Waals surface area contributed by atoms with E-state index < -0.39 is 0 Å². The predicted octanol–water partition coefficient (Wildman–Crippen LogP) is 2.42. The maximum absolute atomic E-state index is 13.0. The van der Waals surface area contributed by atoms with E-state index in [1.54, 1.807) is 0 Å². The van der Waals surface area contributed by atoms with E-state index in [9.17, 15) is 4.79 Å². The van der Waals surface area contributed by atoms with Crippen LogP contribution in [-0.2, 0) is 11.3 Å². The molecule has 3 rings (SSSR count). The number of carbonyl (C=O) groups is 1. The average molecular weight is 272 g/mol. The Bertz CT molecular complexity index is 473. The van der Waals surface area contributed by atoms with E-state index in [-0.39, 0.29) is 5.41 Å². The van der Waals surface area contributed by atoms with Crippen LogP contribution in [0.2, 0.25) is 0 Å². The molecule has 108 valence electrons. The summed E-state index contributed by atoms with van der Waals surface area (Å²) in [5.41, 5.74) is 1.08. The molecule has 1 N–H and O–H groups in total. The zero-order valence-electron chi connectivity index (χ0n) is 12.3. The van der Waals surface area contributed by atoms with Gasteiger partial charge in [0.05, 0.1) is 5.41 Å². The van der Waals surface area contributed by atoms with E-state index in [0.29, 0.717) is 18.4 Å². The number of carbonyl (C=O) groups excluding carboxylic acids is 1. The standard InChI is InChI=1S/C17H24N2O/c1-19(12-14-7-3-2-4-8-14)16(20)17-10-6-5-9-15(17)11-18-13-17/h2-4,7-8,15,18H,5-6,9-13H2,1H3/t15-,17+/m0/s1. The Morgan fingerprint density at radius 3 is 2.95 bits per heavy atom. The van der Waals surface area contributed by atoms with E-state index in [0.717, 1.165) is 19.5 Å². The number of amides is 1. The first-order valence-electron chi connectivity index (χ1n) is 7.72. The van der Waals surface area contributed by atoms with Crippen LogP contribution in [0.1, 0.15) is 31.2 Å². The van der Waals surface area contributed by atoms with E-state index in [4.69, 9.17) is 0 Å². The predicted molar refractivity (Wildman–Crippen MR) is 80.2 cm³/mol. The summed E-state index contributed by atoms with van der Waals surface area (Å²) >= 11 is 0. The number of hydrogen-bond donors (Lipinski definition) is 1. The Morgan fingerprint density at radius 1 is 1.35 bits per heavy atom. The van der Waals surface area contributed by atoms with Crippen molar-refractivity contribution in [3.63, 3.8) is 0 Å². The first kappa shape index (κ1) is 13.6. The highest BCUT2D eigenvalue weighted by Gasteiger charge is 2.50. The summed E-state index contributed by atoms with van der Waals surface area (Å²) in [7, 11) is 1.95. The highest BCUT2D eigenvalue weighted by atomic mass is 16.2. The van der Waals surface area contributed by atoms with Crippen molar-refractivity contribution in [2.75, 3.05) is 20.1 Å². The molecule has 1 saturated heterocycles. The van der Waals surface area contributed by atoms with Crippen LogP contribution < -0.4 is 5.32 Å². The summed E-state index contributed by atoms with van der Waals surface area (Å²) in [4.78, 5) is 14.9. The van der Waals surface area contributed by atoms with Gasteiger partial charge < -0.3 is 10.2 Å². The van der Waals surface area contributed by atoms with Crippen molar-refractivity contribution >= 4 is 5.91 Å².